The Hall–Kier alpha value is -5.86. The second-order valence-electron chi connectivity index (χ2n) is 11.1. The monoisotopic (exact) mass is 642 g/mol. The third-order valence-corrected chi connectivity index (χ3v) is 7.50. The van der Waals surface area contributed by atoms with Gasteiger partial charge >= 0.3 is 6.03 Å². The second kappa shape index (κ2) is 15.9. The Labute approximate surface area is 270 Å². The molecule has 1 fully saturated rings. The van der Waals surface area contributed by atoms with Gasteiger partial charge in [0.15, 0.2) is 0 Å². The minimum absolute atomic E-state index is 0.00344. The minimum Gasteiger partial charge on any atom is -0.354 e. The number of amides is 3. The van der Waals surface area contributed by atoms with E-state index in [1.54, 1.807) is 36.4 Å². The van der Waals surface area contributed by atoms with Gasteiger partial charge in [-0.2, -0.15) is 15.0 Å². The van der Waals surface area contributed by atoms with Gasteiger partial charge in [0, 0.05) is 36.6 Å². The third-order valence-electron chi connectivity index (χ3n) is 7.50. The van der Waals surface area contributed by atoms with E-state index in [1.165, 1.54) is 68.5 Å². The average molecular weight is 643 g/mol. The number of nitro benzene ring substituents is 1. The molecule has 4 aromatic rings. The zero-order valence-electron chi connectivity index (χ0n) is 25.5. The van der Waals surface area contributed by atoms with Gasteiger partial charge in [0.1, 0.15) is 5.82 Å². The van der Waals surface area contributed by atoms with E-state index >= 15 is 0 Å². The highest BCUT2D eigenvalue weighted by molar-refractivity contribution is 5.91. The molecule has 0 bridgehead atoms. The molecule has 47 heavy (non-hydrogen) atoms. The van der Waals surface area contributed by atoms with Crippen LogP contribution in [0.2, 0.25) is 0 Å². The van der Waals surface area contributed by atoms with Crippen molar-refractivity contribution in [2.45, 2.75) is 45.1 Å². The van der Waals surface area contributed by atoms with Crippen LogP contribution in [-0.2, 0) is 17.8 Å². The molecule has 15 heteroatoms. The Balaban J connectivity index is 1.15. The van der Waals surface area contributed by atoms with Gasteiger partial charge in [-0.15, -0.1) is 0 Å². The number of non-ortho nitro benzene ring substituents is 1. The van der Waals surface area contributed by atoms with Crippen LogP contribution in [0.1, 0.15) is 43.2 Å². The standard InChI is InChI=1S/C32H35FN10O4/c33-24-10-6-23(7-11-24)20-35-30-38-29(34-19-22-4-2-1-3-5-22)39-31(40-30)36-25-12-8-21(9-13-25)18-28(44)41-42-32(45)37-26-14-16-27(17-15-26)43(46)47/h6-17,22H,1-5,18-20H2,(H,41,44)(H2,37,42,45)(H3,34,35,36,38,39,40). The highest BCUT2D eigenvalue weighted by atomic mass is 19.1. The second-order valence-corrected chi connectivity index (χ2v) is 11.1. The van der Waals surface area contributed by atoms with Gasteiger partial charge in [-0.3, -0.25) is 20.3 Å². The van der Waals surface area contributed by atoms with Gasteiger partial charge in [0.2, 0.25) is 23.8 Å². The number of halogens is 1. The first-order valence-electron chi connectivity index (χ1n) is 15.2. The van der Waals surface area contributed by atoms with Gasteiger partial charge < -0.3 is 21.3 Å². The molecule has 0 unspecified atom stereocenters. The van der Waals surface area contributed by atoms with Crippen molar-refractivity contribution >= 4 is 46.8 Å². The molecule has 3 amide bonds. The first-order valence-corrected chi connectivity index (χ1v) is 15.2. The van der Waals surface area contributed by atoms with Crippen molar-refractivity contribution in [3.8, 4) is 0 Å². The zero-order valence-corrected chi connectivity index (χ0v) is 25.5. The summed E-state index contributed by atoms with van der Waals surface area (Å²) in [6.45, 7) is 1.17. The molecule has 1 aliphatic rings. The van der Waals surface area contributed by atoms with Crippen LogP contribution < -0.4 is 32.1 Å². The van der Waals surface area contributed by atoms with E-state index < -0.39 is 16.9 Å². The summed E-state index contributed by atoms with van der Waals surface area (Å²) in [5.74, 6) is 0.928. The van der Waals surface area contributed by atoms with Gasteiger partial charge in [-0.05, 0) is 66.3 Å². The maximum absolute atomic E-state index is 13.3. The van der Waals surface area contributed by atoms with E-state index in [1.807, 2.05) is 0 Å². The smallest absolute Gasteiger partial charge is 0.337 e. The largest absolute Gasteiger partial charge is 0.354 e. The molecule has 0 saturated heterocycles. The van der Waals surface area contributed by atoms with E-state index in [0.29, 0.717) is 47.2 Å². The summed E-state index contributed by atoms with van der Waals surface area (Å²) in [5.41, 5.74) is 7.05. The lowest BCUT2D eigenvalue weighted by Crippen LogP contribution is -2.44. The molecule has 3 aromatic carbocycles. The van der Waals surface area contributed by atoms with E-state index in [-0.39, 0.29) is 17.9 Å². The van der Waals surface area contributed by atoms with Crippen LogP contribution in [0.25, 0.3) is 0 Å². The molecule has 0 atom stereocenters. The number of anilines is 5. The number of rotatable bonds is 12. The molecule has 0 spiro atoms. The Morgan fingerprint density at radius 3 is 2.06 bits per heavy atom. The van der Waals surface area contributed by atoms with Crippen molar-refractivity contribution in [2.75, 3.05) is 27.8 Å². The van der Waals surface area contributed by atoms with Gasteiger partial charge in [-0.25, -0.2) is 14.6 Å². The summed E-state index contributed by atoms with van der Waals surface area (Å²) in [6, 6.07) is 17.8. The first-order chi connectivity index (χ1) is 22.8. The lowest BCUT2D eigenvalue weighted by molar-refractivity contribution is -0.384. The summed E-state index contributed by atoms with van der Waals surface area (Å²) in [7, 11) is 0. The quantitative estimate of drug-likeness (QED) is 0.0831. The van der Waals surface area contributed by atoms with Crippen molar-refractivity contribution in [3.05, 3.63) is 99.9 Å². The summed E-state index contributed by atoms with van der Waals surface area (Å²) in [5, 5.41) is 23.0. The fraction of sp³-hybridized carbons (Fsp3) is 0.281. The number of aromatic nitrogens is 3. The van der Waals surface area contributed by atoms with Crippen LogP contribution >= 0.6 is 0 Å². The summed E-state index contributed by atoms with van der Waals surface area (Å²) in [4.78, 5) is 48.3. The van der Waals surface area contributed by atoms with Crippen LogP contribution in [0, 0.1) is 21.8 Å². The molecule has 6 N–H and O–H groups in total. The van der Waals surface area contributed by atoms with E-state index in [9.17, 15) is 24.1 Å². The zero-order chi connectivity index (χ0) is 33.0. The lowest BCUT2D eigenvalue weighted by atomic mass is 9.89. The number of nitrogens with zero attached hydrogens (tertiary/aromatic N) is 4. The van der Waals surface area contributed by atoms with E-state index in [4.69, 9.17) is 0 Å². The number of hydrogen-bond acceptors (Lipinski definition) is 10. The number of nitro groups is 1. The summed E-state index contributed by atoms with van der Waals surface area (Å²) < 4.78 is 13.3. The molecule has 5 rings (SSSR count). The average Bonchev–Trinajstić information content (AvgIpc) is 3.08. The van der Waals surface area contributed by atoms with Gasteiger partial charge in [0.25, 0.3) is 5.69 Å². The number of hydrogen-bond donors (Lipinski definition) is 6. The fourth-order valence-electron chi connectivity index (χ4n) is 5.02. The molecular weight excluding hydrogens is 607 g/mol. The Bertz CT molecular complexity index is 1670. The maximum atomic E-state index is 13.3. The van der Waals surface area contributed by atoms with E-state index in [2.05, 4.69) is 47.1 Å². The fourth-order valence-corrected chi connectivity index (χ4v) is 5.02. The maximum Gasteiger partial charge on any atom is 0.337 e. The van der Waals surface area contributed by atoms with Crippen molar-refractivity contribution in [3.63, 3.8) is 0 Å². The molecule has 0 radical (unpaired) electrons. The minimum atomic E-state index is -0.705. The topological polar surface area (TPSA) is 188 Å². The van der Waals surface area contributed by atoms with E-state index in [0.717, 1.165) is 12.1 Å². The first kappa shape index (κ1) is 32.5. The summed E-state index contributed by atoms with van der Waals surface area (Å²) >= 11 is 0. The van der Waals surface area contributed by atoms with Crippen molar-refractivity contribution < 1.29 is 18.9 Å². The Morgan fingerprint density at radius 2 is 1.38 bits per heavy atom. The molecule has 244 valence electrons. The van der Waals surface area contributed by atoms with Gasteiger partial charge in [-0.1, -0.05) is 43.5 Å². The van der Waals surface area contributed by atoms with Crippen LogP contribution in [0.3, 0.4) is 0 Å². The van der Waals surface area contributed by atoms with Crippen LogP contribution in [-0.4, -0.2) is 38.4 Å². The van der Waals surface area contributed by atoms with Crippen molar-refractivity contribution in [1.82, 2.24) is 25.8 Å². The highest BCUT2D eigenvalue weighted by Gasteiger charge is 2.15. The molecule has 0 aliphatic heterocycles. The number of carbonyl (C=O) groups is 2. The van der Waals surface area contributed by atoms with Gasteiger partial charge in [0.05, 0.1) is 11.3 Å². The third kappa shape index (κ3) is 10.3. The molecule has 1 aliphatic carbocycles. The van der Waals surface area contributed by atoms with Crippen LogP contribution in [0.4, 0.5) is 44.1 Å². The summed E-state index contributed by atoms with van der Waals surface area (Å²) in [6.07, 6.45) is 6.08. The Kier molecular flexibility index (Phi) is 11.0. The Morgan fingerprint density at radius 1 is 0.766 bits per heavy atom. The van der Waals surface area contributed by atoms with Crippen molar-refractivity contribution in [2.24, 2.45) is 5.92 Å². The van der Waals surface area contributed by atoms with Crippen molar-refractivity contribution in [1.29, 1.82) is 0 Å². The number of hydrazine groups is 1. The number of benzene rings is 3. The number of urea groups is 1. The predicted molar refractivity (Wildman–Crippen MR) is 175 cm³/mol. The number of nitrogens with one attached hydrogen (secondary N) is 6. The molecular formula is C32H35FN10O4. The molecule has 14 nitrogen and oxygen atoms in total. The molecule has 1 saturated carbocycles. The van der Waals surface area contributed by atoms with Crippen LogP contribution in [0.15, 0.2) is 72.8 Å². The SMILES string of the molecule is O=C(Cc1ccc(Nc2nc(NCc3ccc(F)cc3)nc(NCC3CCCCC3)n2)cc1)NNC(=O)Nc1ccc([N+](=O)[O-])cc1. The normalized spacial score (nSPS) is 12.9. The lowest BCUT2D eigenvalue weighted by Gasteiger charge is -2.21. The molecule has 1 aromatic heterocycles. The molecule has 1 heterocycles. The number of carbonyl (C=O) groups excluding carboxylic acids is 2. The van der Waals surface area contributed by atoms with Crippen LogP contribution in [0.5, 0.6) is 0 Å². The highest BCUT2D eigenvalue weighted by Crippen LogP contribution is 2.24. The predicted octanol–water partition coefficient (Wildman–Crippen LogP) is 5.66.